The van der Waals surface area contributed by atoms with Crippen LogP contribution in [0.25, 0.3) is 0 Å². The van der Waals surface area contributed by atoms with E-state index in [4.69, 9.17) is 0 Å². The summed E-state index contributed by atoms with van der Waals surface area (Å²) >= 11 is 0. The van der Waals surface area contributed by atoms with Crippen LogP contribution in [-0.4, -0.2) is 26.1 Å². The number of anilines is 1. The molecule has 1 N–H and O–H groups in total. The lowest BCUT2D eigenvalue weighted by molar-refractivity contribution is 0.786. The topological polar surface area (TPSA) is 55.6 Å². The van der Waals surface area contributed by atoms with E-state index in [0.29, 0.717) is 5.95 Å². The minimum Gasteiger partial charge on any atom is -0.354 e. The summed E-state index contributed by atoms with van der Waals surface area (Å²) in [4.78, 5) is 12.9. The maximum atomic E-state index is 4.33. The molecule has 0 unspecified atom stereocenters. The first kappa shape index (κ1) is 11.6. The number of imidazole rings is 1. The van der Waals surface area contributed by atoms with Crippen molar-refractivity contribution in [2.24, 2.45) is 7.05 Å². The maximum Gasteiger partial charge on any atom is 0.223 e. The third-order valence-corrected chi connectivity index (χ3v) is 2.53. The zero-order valence-electron chi connectivity index (χ0n) is 10.4. The molecule has 0 bridgehead atoms. The number of nitrogens with zero attached hydrogens (tertiary/aromatic N) is 4. The molecule has 90 valence electrons. The second-order valence-corrected chi connectivity index (χ2v) is 4.11. The predicted molar refractivity (Wildman–Crippen MR) is 66.9 cm³/mol. The summed E-state index contributed by atoms with van der Waals surface area (Å²) in [6.07, 6.45) is 4.62. The normalized spacial score (nSPS) is 10.5. The molecule has 0 aliphatic rings. The molecule has 2 rings (SSSR count). The van der Waals surface area contributed by atoms with Crippen LogP contribution in [0.4, 0.5) is 5.95 Å². The molecule has 17 heavy (non-hydrogen) atoms. The quantitative estimate of drug-likeness (QED) is 0.866. The average molecular weight is 231 g/mol. The zero-order valence-corrected chi connectivity index (χ0v) is 10.4. The molecule has 0 amide bonds. The van der Waals surface area contributed by atoms with E-state index < -0.39 is 0 Å². The van der Waals surface area contributed by atoms with E-state index in [1.165, 1.54) is 0 Å². The lowest BCUT2D eigenvalue weighted by atomic mass is 10.3. The SMILES string of the molecule is Cc1cc(C)nc(NCCc2nccn2C)n1. The van der Waals surface area contributed by atoms with Gasteiger partial charge in [0.05, 0.1) is 0 Å². The van der Waals surface area contributed by atoms with Crippen molar-refractivity contribution in [3.05, 3.63) is 35.7 Å². The predicted octanol–water partition coefficient (Wildman–Crippen LogP) is 1.48. The van der Waals surface area contributed by atoms with Crippen molar-refractivity contribution >= 4 is 5.95 Å². The van der Waals surface area contributed by atoms with Crippen LogP contribution < -0.4 is 5.32 Å². The number of nitrogens with one attached hydrogen (secondary N) is 1. The smallest absolute Gasteiger partial charge is 0.223 e. The maximum absolute atomic E-state index is 4.33. The van der Waals surface area contributed by atoms with Gasteiger partial charge < -0.3 is 9.88 Å². The first-order valence-electron chi connectivity index (χ1n) is 5.67. The van der Waals surface area contributed by atoms with Gasteiger partial charge in [0, 0.05) is 43.8 Å². The largest absolute Gasteiger partial charge is 0.354 e. The van der Waals surface area contributed by atoms with Crippen LogP contribution in [0.1, 0.15) is 17.2 Å². The molecule has 0 fully saturated rings. The molecule has 0 atom stereocenters. The summed E-state index contributed by atoms with van der Waals surface area (Å²) in [5.74, 6) is 1.75. The van der Waals surface area contributed by atoms with Gasteiger partial charge >= 0.3 is 0 Å². The molecule has 2 aromatic heterocycles. The van der Waals surface area contributed by atoms with Gasteiger partial charge in [-0.2, -0.15) is 0 Å². The molecule has 0 radical (unpaired) electrons. The van der Waals surface area contributed by atoms with Crippen molar-refractivity contribution < 1.29 is 0 Å². The molecule has 2 heterocycles. The van der Waals surface area contributed by atoms with E-state index in [1.54, 1.807) is 0 Å². The van der Waals surface area contributed by atoms with E-state index in [-0.39, 0.29) is 0 Å². The molecule has 0 saturated heterocycles. The molecule has 0 spiro atoms. The number of aryl methyl sites for hydroxylation is 3. The van der Waals surface area contributed by atoms with Crippen LogP contribution in [0.5, 0.6) is 0 Å². The summed E-state index contributed by atoms with van der Waals surface area (Å²) < 4.78 is 2.02. The molecule has 0 aliphatic heterocycles. The Kier molecular flexibility index (Phi) is 3.37. The second kappa shape index (κ2) is 4.95. The fourth-order valence-electron chi connectivity index (χ4n) is 1.73. The summed E-state index contributed by atoms with van der Waals surface area (Å²) in [7, 11) is 2.00. The van der Waals surface area contributed by atoms with Crippen molar-refractivity contribution in [2.75, 3.05) is 11.9 Å². The van der Waals surface area contributed by atoms with Crippen LogP contribution in [0.2, 0.25) is 0 Å². The van der Waals surface area contributed by atoms with Crippen molar-refractivity contribution in [1.29, 1.82) is 0 Å². The standard InChI is InChI=1S/C12H17N5/c1-9-8-10(2)16-12(15-9)14-5-4-11-13-6-7-17(11)3/h6-8H,4-5H2,1-3H3,(H,14,15,16). The molecular weight excluding hydrogens is 214 g/mol. The summed E-state index contributed by atoms with van der Waals surface area (Å²) in [6.45, 7) is 4.73. The summed E-state index contributed by atoms with van der Waals surface area (Å²) in [6, 6.07) is 1.96. The van der Waals surface area contributed by atoms with Gasteiger partial charge in [0.25, 0.3) is 0 Å². The third-order valence-electron chi connectivity index (χ3n) is 2.53. The van der Waals surface area contributed by atoms with Gasteiger partial charge in [0.15, 0.2) is 0 Å². The highest BCUT2D eigenvalue weighted by Gasteiger charge is 2.01. The highest BCUT2D eigenvalue weighted by molar-refractivity contribution is 5.27. The lowest BCUT2D eigenvalue weighted by Gasteiger charge is -2.06. The Morgan fingerprint density at radius 3 is 2.53 bits per heavy atom. The average Bonchev–Trinajstić information content (AvgIpc) is 2.63. The Morgan fingerprint density at radius 1 is 1.24 bits per heavy atom. The molecule has 0 aliphatic carbocycles. The fourth-order valence-corrected chi connectivity index (χ4v) is 1.73. The van der Waals surface area contributed by atoms with Crippen LogP contribution >= 0.6 is 0 Å². The zero-order chi connectivity index (χ0) is 12.3. The van der Waals surface area contributed by atoms with Crippen molar-refractivity contribution in [2.45, 2.75) is 20.3 Å². The van der Waals surface area contributed by atoms with Gasteiger partial charge in [-0.15, -0.1) is 0 Å². The molecule has 2 aromatic rings. The van der Waals surface area contributed by atoms with Gasteiger partial charge in [-0.25, -0.2) is 15.0 Å². The Hall–Kier alpha value is -1.91. The molecule has 0 aromatic carbocycles. The molecule has 5 heteroatoms. The van der Waals surface area contributed by atoms with E-state index in [9.17, 15) is 0 Å². The van der Waals surface area contributed by atoms with E-state index in [2.05, 4.69) is 20.3 Å². The first-order valence-corrected chi connectivity index (χ1v) is 5.67. The van der Waals surface area contributed by atoms with E-state index in [1.807, 2.05) is 43.9 Å². The van der Waals surface area contributed by atoms with Crippen molar-refractivity contribution in [1.82, 2.24) is 19.5 Å². The van der Waals surface area contributed by atoms with Gasteiger partial charge in [-0.1, -0.05) is 0 Å². The van der Waals surface area contributed by atoms with E-state index in [0.717, 1.165) is 30.2 Å². The van der Waals surface area contributed by atoms with Crippen LogP contribution in [-0.2, 0) is 13.5 Å². The van der Waals surface area contributed by atoms with Crippen LogP contribution in [0.15, 0.2) is 18.5 Å². The second-order valence-electron chi connectivity index (χ2n) is 4.11. The Labute approximate surface area is 101 Å². The molecular formula is C12H17N5. The Bertz CT molecular complexity index is 483. The van der Waals surface area contributed by atoms with Gasteiger partial charge in [0.2, 0.25) is 5.95 Å². The number of aromatic nitrogens is 4. The van der Waals surface area contributed by atoms with Crippen LogP contribution in [0, 0.1) is 13.8 Å². The number of hydrogen-bond donors (Lipinski definition) is 1. The molecule has 5 nitrogen and oxygen atoms in total. The first-order chi connectivity index (χ1) is 8.15. The fraction of sp³-hybridized carbons (Fsp3) is 0.417. The lowest BCUT2D eigenvalue weighted by Crippen LogP contribution is -2.11. The van der Waals surface area contributed by atoms with Gasteiger partial charge in [-0.05, 0) is 19.9 Å². The summed E-state index contributed by atoms with van der Waals surface area (Å²) in [5.41, 5.74) is 1.97. The Morgan fingerprint density at radius 2 is 1.94 bits per heavy atom. The minimum absolute atomic E-state index is 0.691. The van der Waals surface area contributed by atoms with E-state index >= 15 is 0 Å². The van der Waals surface area contributed by atoms with Crippen molar-refractivity contribution in [3.63, 3.8) is 0 Å². The minimum atomic E-state index is 0.691. The van der Waals surface area contributed by atoms with Crippen LogP contribution in [0.3, 0.4) is 0 Å². The Balaban J connectivity index is 1.92. The number of hydrogen-bond acceptors (Lipinski definition) is 4. The third kappa shape index (κ3) is 3.03. The highest BCUT2D eigenvalue weighted by atomic mass is 15.1. The van der Waals surface area contributed by atoms with Gasteiger partial charge in [-0.3, -0.25) is 0 Å². The summed E-state index contributed by atoms with van der Waals surface area (Å²) in [5, 5.41) is 3.22. The number of rotatable bonds is 4. The van der Waals surface area contributed by atoms with Crippen molar-refractivity contribution in [3.8, 4) is 0 Å². The monoisotopic (exact) mass is 231 g/mol. The molecule has 0 saturated carbocycles. The highest BCUT2D eigenvalue weighted by Crippen LogP contribution is 2.04. The van der Waals surface area contributed by atoms with Gasteiger partial charge in [0.1, 0.15) is 5.82 Å².